The van der Waals surface area contributed by atoms with Crippen molar-refractivity contribution in [3.63, 3.8) is 0 Å². The van der Waals surface area contributed by atoms with E-state index in [9.17, 15) is 0 Å². The van der Waals surface area contributed by atoms with Gasteiger partial charge in [0.1, 0.15) is 5.69 Å². The van der Waals surface area contributed by atoms with Gasteiger partial charge in [0, 0.05) is 23.3 Å². The number of para-hydroxylation sites is 3. The number of nitrogens with zero attached hydrogens (tertiary/aromatic N) is 3. The first-order valence-electron chi connectivity index (χ1n) is 10.3. The molecule has 0 radical (unpaired) electrons. The molecule has 0 spiro atoms. The standard InChI is InChI=1S/C27H22N3/c1-19-14-15-20-18-29-16-8-11-22(29)17-23(20)26(19)27-28(2)24-12-6-7-13-25(24)30(27)21-9-4-3-5-10-21/h3-18H,1-2H3/q+1. The second-order valence-electron chi connectivity index (χ2n) is 7.92. The minimum Gasteiger partial charge on any atom is -0.323 e. The van der Waals surface area contributed by atoms with E-state index in [1.807, 2.05) is 0 Å². The van der Waals surface area contributed by atoms with Crippen molar-refractivity contribution in [3.8, 4) is 17.1 Å². The fourth-order valence-electron chi connectivity index (χ4n) is 4.69. The van der Waals surface area contributed by atoms with Gasteiger partial charge in [-0.3, -0.25) is 0 Å². The fraction of sp³-hybridized carbons (Fsp3) is 0.0741. The smallest absolute Gasteiger partial charge is 0.295 e. The number of hydrogen-bond donors (Lipinski definition) is 0. The Balaban J connectivity index is 1.81. The highest BCUT2D eigenvalue weighted by molar-refractivity contribution is 5.99. The van der Waals surface area contributed by atoms with Crippen LogP contribution in [0.25, 0.3) is 44.4 Å². The average molecular weight is 388 g/mol. The molecule has 0 saturated carbocycles. The third-order valence-electron chi connectivity index (χ3n) is 6.12. The Morgan fingerprint density at radius 1 is 0.800 bits per heavy atom. The first-order chi connectivity index (χ1) is 14.7. The molecule has 0 amide bonds. The quantitative estimate of drug-likeness (QED) is 0.331. The summed E-state index contributed by atoms with van der Waals surface area (Å²) < 4.78 is 6.90. The molecule has 0 aliphatic heterocycles. The lowest BCUT2D eigenvalue weighted by Crippen LogP contribution is -2.30. The van der Waals surface area contributed by atoms with E-state index in [0.717, 1.165) is 0 Å². The van der Waals surface area contributed by atoms with Gasteiger partial charge in [0.2, 0.25) is 0 Å². The first-order valence-corrected chi connectivity index (χ1v) is 10.3. The van der Waals surface area contributed by atoms with Crippen molar-refractivity contribution in [1.29, 1.82) is 0 Å². The molecule has 3 aromatic heterocycles. The molecular formula is C27H22N3+. The van der Waals surface area contributed by atoms with Crippen molar-refractivity contribution in [2.45, 2.75) is 6.92 Å². The molecule has 144 valence electrons. The monoisotopic (exact) mass is 388 g/mol. The number of hydrogen-bond acceptors (Lipinski definition) is 0. The summed E-state index contributed by atoms with van der Waals surface area (Å²) in [6.07, 6.45) is 4.33. The van der Waals surface area contributed by atoms with E-state index in [0.29, 0.717) is 0 Å². The van der Waals surface area contributed by atoms with Crippen LogP contribution in [0.15, 0.2) is 97.3 Å². The summed E-state index contributed by atoms with van der Waals surface area (Å²) in [7, 11) is 2.17. The Bertz CT molecular complexity index is 1550. The summed E-state index contributed by atoms with van der Waals surface area (Å²) in [6.45, 7) is 2.21. The number of pyridine rings is 1. The fourth-order valence-corrected chi connectivity index (χ4v) is 4.69. The predicted octanol–water partition coefficient (Wildman–Crippen LogP) is 5.84. The van der Waals surface area contributed by atoms with E-state index >= 15 is 0 Å². The highest BCUT2D eigenvalue weighted by Crippen LogP contribution is 2.35. The SMILES string of the molecule is Cc1ccc2cn3cccc3cc2c1-c1n(-c2ccccc2)c2ccccc2[n+]1C. The second-order valence-corrected chi connectivity index (χ2v) is 7.92. The molecule has 3 heteroatoms. The largest absolute Gasteiger partial charge is 0.323 e. The van der Waals surface area contributed by atoms with Gasteiger partial charge in [-0.05, 0) is 60.3 Å². The van der Waals surface area contributed by atoms with Gasteiger partial charge < -0.3 is 4.40 Å². The normalized spacial score (nSPS) is 11.7. The van der Waals surface area contributed by atoms with Crippen LogP contribution in [0.4, 0.5) is 0 Å². The molecule has 6 aromatic rings. The van der Waals surface area contributed by atoms with Crippen molar-refractivity contribution < 1.29 is 4.57 Å². The van der Waals surface area contributed by atoms with E-state index in [4.69, 9.17) is 0 Å². The van der Waals surface area contributed by atoms with Gasteiger partial charge >= 0.3 is 0 Å². The number of imidazole rings is 1. The summed E-state index contributed by atoms with van der Waals surface area (Å²) in [6, 6.07) is 30.3. The summed E-state index contributed by atoms with van der Waals surface area (Å²) in [5, 5.41) is 2.51. The molecule has 30 heavy (non-hydrogen) atoms. The van der Waals surface area contributed by atoms with E-state index < -0.39 is 0 Å². The van der Waals surface area contributed by atoms with Crippen LogP contribution in [0.1, 0.15) is 5.56 Å². The molecule has 0 unspecified atom stereocenters. The minimum absolute atomic E-state index is 1.17. The topological polar surface area (TPSA) is 13.2 Å². The summed E-state index contributed by atoms with van der Waals surface area (Å²) in [5.41, 5.74) is 7.36. The number of aromatic nitrogens is 3. The Kier molecular flexibility index (Phi) is 3.59. The van der Waals surface area contributed by atoms with Gasteiger partial charge in [-0.15, -0.1) is 0 Å². The van der Waals surface area contributed by atoms with Crippen molar-refractivity contribution in [2.24, 2.45) is 7.05 Å². The molecule has 0 N–H and O–H groups in total. The highest BCUT2D eigenvalue weighted by atomic mass is 15.2. The number of aryl methyl sites for hydroxylation is 2. The second kappa shape index (κ2) is 6.33. The molecule has 0 saturated heterocycles. The average Bonchev–Trinajstić information content (AvgIpc) is 3.35. The van der Waals surface area contributed by atoms with Gasteiger partial charge in [0.05, 0.1) is 12.6 Å². The van der Waals surface area contributed by atoms with E-state index in [-0.39, 0.29) is 0 Å². The Hall–Kier alpha value is -3.85. The third-order valence-corrected chi connectivity index (χ3v) is 6.12. The van der Waals surface area contributed by atoms with E-state index in [1.165, 1.54) is 50.0 Å². The lowest BCUT2D eigenvalue weighted by Gasteiger charge is -2.11. The number of rotatable bonds is 2. The molecule has 3 aromatic carbocycles. The molecule has 0 atom stereocenters. The van der Waals surface area contributed by atoms with Crippen LogP contribution in [-0.2, 0) is 7.05 Å². The molecule has 0 bridgehead atoms. The van der Waals surface area contributed by atoms with Crippen LogP contribution >= 0.6 is 0 Å². The summed E-state index contributed by atoms with van der Waals surface area (Å²) >= 11 is 0. The molecule has 3 nitrogen and oxygen atoms in total. The molecule has 0 fully saturated rings. The van der Waals surface area contributed by atoms with Crippen LogP contribution < -0.4 is 4.57 Å². The zero-order valence-corrected chi connectivity index (χ0v) is 17.1. The summed E-state index contributed by atoms with van der Waals surface area (Å²) in [5.74, 6) is 1.20. The maximum Gasteiger partial charge on any atom is 0.295 e. The number of fused-ring (bicyclic) bond motifs is 3. The highest BCUT2D eigenvalue weighted by Gasteiger charge is 2.28. The van der Waals surface area contributed by atoms with Gasteiger partial charge in [-0.1, -0.05) is 42.5 Å². The summed E-state index contributed by atoms with van der Waals surface area (Å²) in [4.78, 5) is 0. The van der Waals surface area contributed by atoms with Gasteiger partial charge in [0.25, 0.3) is 5.82 Å². The lowest BCUT2D eigenvalue weighted by molar-refractivity contribution is -0.633. The van der Waals surface area contributed by atoms with Gasteiger partial charge in [0.15, 0.2) is 11.0 Å². The molecular weight excluding hydrogens is 366 g/mol. The molecule has 3 heterocycles. The van der Waals surface area contributed by atoms with E-state index in [1.54, 1.807) is 0 Å². The molecule has 0 aliphatic carbocycles. The van der Waals surface area contributed by atoms with Crippen molar-refractivity contribution in [1.82, 2.24) is 8.97 Å². The van der Waals surface area contributed by atoms with Crippen LogP contribution in [0, 0.1) is 6.92 Å². The van der Waals surface area contributed by atoms with Gasteiger partial charge in [-0.2, -0.15) is 4.57 Å². The van der Waals surface area contributed by atoms with Crippen molar-refractivity contribution in [2.75, 3.05) is 0 Å². The Morgan fingerprint density at radius 2 is 1.60 bits per heavy atom. The Morgan fingerprint density at radius 3 is 2.47 bits per heavy atom. The number of benzene rings is 3. The van der Waals surface area contributed by atoms with Crippen LogP contribution in [0.5, 0.6) is 0 Å². The minimum atomic E-state index is 1.17. The van der Waals surface area contributed by atoms with Crippen LogP contribution in [0.3, 0.4) is 0 Å². The zero-order valence-electron chi connectivity index (χ0n) is 17.1. The first kappa shape index (κ1) is 17.0. The predicted molar refractivity (Wildman–Crippen MR) is 123 cm³/mol. The third kappa shape index (κ3) is 2.35. The maximum absolute atomic E-state index is 2.39. The molecule has 6 rings (SSSR count). The van der Waals surface area contributed by atoms with Crippen molar-refractivity contribution in [3.05, 3.63) is 103 Å². The van der Waals surface area contributed by atoms with Crippen molar-refractivity contribution >= 4 is 27.3 Å². The maximum atomic E-state index is 2.39. The van der Waals surface area contributed by atoms with Crippen LogP contribution in [-0.4, -0.2) is 8.97 Å². The zero-order chi connectivity index (χ0) is 20.2. The molecule has 0 aliphatic rings. The van der Waals surface area contributed by atoms with Gasteiger partial charge in [-0.25, -0.2) is 4.57 Å². The lowest BCUT2D eigenvalue weighted by atomic mass is 9.99. The van der Waals surface area contributed by atoms with E-state index in [2.05, 4.69) is 125 Å². The van der Waals surface area contributed by atoms with Crippen LogP contribution in [0.2, 0.25) is 0 Å². The Labute approximate surface area is 175 Å².